The van der Waals surface area contributed by atoms with Gasteiger partial charge in [0.15, 0.2) is 0 Å². The number of hydrogen-bond acceptors (Lipinski definition) is 3. The summed E-state index contributed by atoms with van der Waals surface area (Å²) in [5, 5.41) is 10.3. The SMILES string of the molecule is NCc1ccccc1C(O)C1CCSC1. The highest BCUT2D eigenvalue weighted by Gasteiger charge is 2.25. The van der Waals surface area contributed by atoms with Crippen molar-refractivity contribution in [1.29, 1.82) is 0 Å². The minimum absolute atomic E-state index is 0.334. The maximum absolute atomic E-state index is 10.3. The van der Waals surface area contributed by atoms with Crippen LogP contribution in [0.1, 0.15) is 23.7 Å². The molecule has 15 heavy (non-hydrogen) atoms. The molecule has 1 fully saturated rings. The van der Waals surface area contributed by atoms with Gasteiger partial charge in [0.2, 0.25) is 0 Å². The third-order valence-corrected chi connectivity index (χ3v) is 4.19. The van der Waals surface area contributed by atoms with E-state index in [0.29, 0.717) is 12.5 Å². The van der Waals surface area contributed by atoms with Crippen molar-refractivity contribution in [3.8, 4) is 0 Å². The highest BCUT2D eigenvalue weighted by atomic mass is 32.2. The van der Waals surface area contributed by atoms with Gasteiger partial charge in [0.1, 0.15) is 0 Å². The van der Waals surface area contributed by atoms with Gasteiger partial charge in [-0.3, -0.25) is 0 Å². The summed E-state index contributed by atoms with van der Waals surface area (Å²) in [5.41, 5.74) is 7.76. The van der Waals surface area contributed by atoms with E-state index < -0.39 is 0 Å². The molecule has 2 rings (SSSR count). The van der Waals surface area contributed by atoms with Gasteiger partial charge in [0.05, 0.1) is 6.10 Å². The van der Waals surface area contributed by atoms with Crippen molar-refractivity contribution in [2.75, 3.05) is 11.5 Å². The topological polar surface area (TPSA) is 46.2 Å². The highest BCUT2D eigenvalue weighted by molar-refractivity contribution is 7.99. The van der Waals surface area contributed by atoms with E-state index in [9.17, 15) is 5.11 Å². The molecule has 0 amide bonds. The molecule has 0 saturated carbocycles. The fourth-order valence-corrected chi connectivity index (χ4v) is 3.35. The Kier molecular flexibility index (Phi) is 3.67. The second-order valence-electron chi connectivity index (χ2n) is 3.97. The largest absolute Gasteiger partial charge is 0.388 e. The Hall–Kier alpha value is -0.510. The van der Waals surface area contributed by atoms with Gasteiger partial charge < -0.3 is 10.8 Å². The zero-order valence-electron chi connectivity index (χ0n) is 8.73. The minimum Gasteiger partial charge on any atom is -0.388 e. The molecule has 3 N–H and O–H groups in total. The molecule has 2 unspecified atom stereocenters. The lowest BCUT2D eigenvalue weighted by Gasteiger charge is -2.20. The molecule has 1 heterocycles. The molecule has 0 radical (unpaired) electrons. The lowest BCUT2D eigenvalue weighted by atomic mass is 9.92. The Labute approximate surface area is 94.9 Å². The Morgan fingerprint density at radius 3 is 2.93 bits per heavy atom. The van der Waals surface area contributed by atoms with Crippen LogP contribution in [-0.4, -0.2) is 16.6 Å². The second kappa shape index (κ2) is 5.01. The van der Waals surface area contributed by atoms with E-state index in [2.05, 4.69) is 0 Å². The molecular formula is C12H17NOS. The summed E-state index contributed by atoms with van der Waals surface area (Å²) in [6, 6.07) is 7.94. The quantitative estimate of drug-likeness (QED) is 0.823. The first-order valence-corrected chi connectivity index (χ1v) is 6.52. The van der Waals surface area contributed by atoms with Crippen LogP contribution in [0.15, 0.2) is 24.3 Å². The van der Waals surface area contributed by atoms with E-state index in [1.54, 1.807) is 0 Å². The van der Waals surface area contributed by atoms with Crippen molar-refractivity contribution in [2.45, 2.75) is 19.1 Å². The van der Waals surface area contributed by atoms with Crippen LogP contribution in [-0.2, 0) is 6.54 Å². The monoisotopic (exact) mass is 223 g/mol. The van der Waals surface area contributed by atoms with Gasteiger partial charge in [-0.05, 0) is 35.0 Å². The van der Waals surface area contributed by atoms with Crippen molar-refractivity contribution < 1.29 is 5.11 Å². The van der Waals surface area contributed by atoms with Crippen LogP contribution in [0.25, 0.3) is 0 Å². The first kappa shape index (κ1) is 11.0. The molecule has 1 aliphatic rings. The molecule has 2 atom stereocenters. The fraction of sp³-hybridized carbons (Fsp3) is 0.500. The molecule has 0 aliphatic carbocycles. The number of rotatable bonds is 3. The summed E-state index contributed by atoms with van der Waals surface area (Å²) < 4.78 is 0. The predicted molar refractivity (Wildman–Crippen MR) is 64.7 cm³/mol. The third-order valence-electron chi connectivity index (χ3n) is 3.01. The van der Waals surface area contributed by atoms with Crippen LogP contribution in [0, 0.1) is 5.92 Å². The molecule has 1 aromatic carbocycles. The van der Waals surface area contributed by atoms with Crippen molar-refractivity contribution in [1.82, 2.24) is 0 Å². The molecule has 0 spiro atoms. The number of nitrogens with two attached hydrogens (primary N) is 1. The summed E-state index contributed by atoms with van der Waals surface area (Å²) in [5.74, 6) is 2.65. The summed E-state index contributed by atoms with van der Waals surface area (Å²) in [6.45, 7) is 0.507. The zero-order chi connectivity index (χ0) is 10.7. The average Bonchev–Trinajstić information content (AvgIpc) is 2.81. The molecule has 0 bridgehead atoms. The molecular weight excluding hydrogens is 206 g/mol. The normalized spacial score (nSPS) is 22.9. The molecule has 3 heteroatoms. The van der Waals surface area contributed by atoms with Crippen molar-refractivity contribution in [3.63, 3.8) is 0 Å². The summed E-state index contributed by atoms with van der Waals surface area (Å²) in [4.78, 5) is 0. The van der Waals surface area contributed by atoms with Crippen LogP contribution in [0.2, 0.25) is 0 Å². The maximum atomic E-state index is 10.3. The van der Waals surface area contributed by atoms with E-state index in [-0.39, 0.29) is 6.10 Å². The van der Waals surface area contributed by atoms with Crippen LogP contribution in [0.5, 0.6) is 0 Å². The molecule has 2 nitrogen and oxygen atoms in total. The van der Waals surface area contributed by atoms with E-state index in [4.69, 9.17) is 5.73 Å². The number of aliphatic hydroxyl groups is 1. The van der Waals surface area contributed by atoms with E-state index in [1.807, 2.05) is 36.0 Å². The molecule has 1 saturated heterocycles. The number of thioether (sulfide) groups is 1. The average molecular weight is 223 g/mol. The lowest BCUT2D eigenvalue weighted by Crippen LogP contribution is -2.14. The van der Waals surface area contributed by atoms with Crippen molar-refractivity contribution in [3.05, 3.63) is 35.4 Å². The van der Waals surface area contributed by atoms with Gasteiger partial charge in [0, 0.05) is 6.54 Å². The molecule has 0 aromatic heterocycles. The number of hydrogen-bond donors (Lipinski definition) is 2. The highest BCUT2D eigenvalue weighted by Crippen LogP contribution is 2.35. The summed E-state index contributed by atoms with van der Waals surface area (Å²) in [6.07, 6.45) is 0.782. The molecule has 82 valence electrons. The first-order valence-electron chi connectivity index (χ1n) is 5.36. The summed E-state index contributed by atoms with van der Waals surface area (Å²) in [7, 11) is 0. The Bertz CT molecular complexity index is 323. The zero-order valence-corrected chi connectivity index (χ0v) is 9.54. The first-order chi connectivity index (χ1) is 7.33. The van der Waals surface area contributed by atoms with Crippen molar-refractivity contribution >= 4 is 11.8 Å². The second-order valence-corrected chi connectivity index (χ2v) is 5.12. The Morgan fingerprint density at radius 2 is 2.27 bits per heavy atom. The van der Waals surface area contributed by atoms with Crippen LogP contribution in [0.4, 0.5) is 0 Å². The minimum atomic E-state index is -0.334. The van der Waals surface area contributed by atoms with Gasteiger partial charge in [-0.25, -0.2) is 0 Å². The Morgan fingerprint density at radius 1 is 1.47 bits per heavy atom. The standard InChI is InChI=1S/C12H17NOS/c13-7-9-3-1-2-4-11(9)12(14)10-5-6-15-8-10/h1-4,10,12,14H,5-8,13H2. The molecule has 1 aromatic rings. The van der Waals surface area contributed by atoms with Gasteiger partial charge in [-0.2, -0.15) is 11.8 Å². The predicted octanol–water partition coefficient (Wildman–Crippen LogP) is 1.93. The lowest BCUT2D eigenvalue weighted by molar-refractivity contribution is 0.120. The molecule has 1 aliphatic heterocycles. The van der Waals surface area contributed by atoms with Crippen LogP contribution < -0.4 is 5.73 Å². The van der Waals surface area contributed by atoms with E-state index in [1.165, 1.54) is 5.75 Å². The van der Waals surface area contributed by atoms with Gasteiger partial charge in [0.25, 0.3) is 0 Å². The Balaban J connectivity index is 2.19. The maximum Gasteiger partial charge on any atom is 0.0829 e. The summed E-state index contributed by atoms with van der Waals surface area (Å²) >= 11 is 1.93. The van der Waals surface area contributed by atoms with Crippen LogP contribution in [0.3, 0.4) is 0 Å². The van der Waals surface area contributed by atoms with E-state index >= 15 is 0 Å². The van der Waals surface area contributed by atoms with Crippen LogP contribution >= 0.6 is 11.8 Å². The fourth-order valence-electron chi connectivity index (χ4n) is 2.06. The van der Waals surface area contributed by atoms with Gasteiger partial charge >= 0.3 is 0 Å². The third kappa shape index (κ3) is 2.36. The number of aliphatic hydroxyl groups excluding tert-OH is 1. The number of benzene rings is 1. The van der Waals surface area contributed by atoms with Gasteiger partial charge in [-0.15, -0.1) is 0 Å². The smallest absolute Gasteiger partial charge is 0.0829 e. The van der Waals surface area contributed by atoms with Gasteiger partial charge in [-0.1, -0.05) is 24.3 Å². The van der Waals surface area contributed by atoms with E-state index in [0.717, 1.165) is 23.3 Å². The van der Waals surface area contributed by atoms with Crippen molar-refractivity contribution in [2.24, 2.45) is 11.7 Å².